The number of rotatable bonds is 8. The molecule has 4 heteroatoms. The molecule has 100 valence electrons. The minimum atomic E-state index is 0.104. The van der Waals surface area contributed by atoms with Crippen LogP contribution in [0.3, 0.4) is 0 Å². The Hall–Kier alpha value is -1.29. The Morgan fingerprint density at radius 1 is 1.50 bits per heavy atom. The molecule has 0 aliphatic heterocycles. The summed E-state index contributed by atoms with van der Waals surface area (Å²) in [4.78, 5) is 11.7. The molecule has 1 fully saturated rings. The number of unbranched alkanes of at least 4 members (excludes halogenated alkanes) is 1. The fourth-order valence-electron chi connectivity index (χ4n) is 1.92. The first-order valence-corrected chi connectivity index (χ1v) is 6.93. The topological polar surface area (TPSA) is 46.1 Å². The third-order valence-electron chi connectivity index (χ3n) is 3.24. The van der Waals surface area contributed by atoms with Crippen LogP contribution in [0.4, 0.5) is 0 Å². The molecule has 0 aromatic carbocycles. The van der Waals surface area contributed by atoms with E-state index in [9.17, 15) is 4.79 Å². The largest absolute Gasteiger partial charge is 0.355 e. The van der Waals surface area contributed by atoms with Gasteiger partial charge in [-0.2, -0.15) is 0 Å². The van der Waals surface area contributed by atoms with Crippen LogP contribution >= 0.6 is 0 Å². The zero-order valence-corrected chi connectivity index (χ0v) is 11.1. The van der Waals surface area contributed by atoms with Gasteiger partial charge in [0.1, 0.15) is 6.54 Å². The molecule has 1 amide bonds. The van der Waals surface area contributed by atoms with Crippen molar-refractivity contribution in [2.45, 2.75) is 51.7 Å². The van der Waals surface area contributed by atoms with E-state index in [-0.39, 0.29) is 5.91 Å². The number of amides is 1. The van der Waals surface area contributed by atoms with Gasteiger partial charge in [-0.3, -0.25) is 4.79 Å². The van der Waals surface area contributed by atoms with E-state index >= 15 is 0 Å². The molecule has 1 aromatic heterocycles. The van der Waals surface area contributed by atoms with Crippen LogP contribution in [0.25, 0.3) is 0 Å². The molecule has 0 spiro atoms. The molecule has 0 atom stereocenters. The Labute approximate surface area is 109 Å². The van der Waals surface area contributed by atoms with E-state index in [4.69, 9.17) is 0 Å². The second kappa shape index (κ2) is 6.59. The molecule has 0 unspecified atom stereocenters. The first-order chi connectivity index (χ1) is 8.79. The maximum atomic E-state index is 11.7. The van der Waals surface area contributed by atoms with Gasteiger partial charge in [-0.1, -0.05) is 13.3 Å². The van der Waals surface area contributed by atoms with Crippen LogP contribution < -0.4 is 10.6 Å². The summed E-state index contributed by atoms with van der Waals surface area (Å²) < 4.78 is 2.02. The SMILES string of the molecule is CCCCNC(=O)Cn1cccc1CNC1CC1. The van der Waals surface area contributed by atoms with Crippen LogP contribution in [-0.2, 0) is 17.9 Å². The van der Waals surface area contributed by atoms with Crippen molar-refractivity contribution in [2.75, 3.05) is 6.54 Å². The lowest BCUT2D eigenvalue weighted by Crippen LogP contribution is -2.29. The maximum absolute atomic E-state index is 11.7. The quantitative estimate of drug-likeness (QED) is 0.688. The Balaban J connectivity index is 1.76. The van der Waals surface area contributed by atoms with Gasteiger partial charge in [-0.25, -0.2) is 0 Å². The molecule has 1 saturated carbocycles. The third-order valence-corrected chi connectivity index (χ3v) is 3.24. The summed E-state index contributed by atoms with van der Waals surface area (Å²) in [6.07, 6.45) is 6.72. The van der Waals surface area contributed by atoms with Crippen molar-refractivity contribution in [1.29, 1.82) is 0 Å². The van der Waals surface area contributed by atoms with E-state index in [0.29, 0.717) is 12.6 Å². The summed E-state index contributed by atoms with van der Waals surface area (Å²) >= 11 is 0. The van der Waals surface area contributed by atoms with E-state index in [1.54, 1.807) is 0 Å². The number of carbonyl (C=O) groups is 1. The summed E-state index contributed by atoms with van der Waals surface area (Å²) in [5.41, 5.74) is 1.19. The van der Waals surface area contributed by atoms with Crippen molar-refractivity contribution in [3.8, 4) is 0 Å². The van der Waals surface area contributed by atoms with E-state index in [1.165, 1.54) is 18.5 Å². The molecular formula is C14H23N3O. The predicted molar refractivity (Wildman–Crippen MR) is 72.2 cm³/mol. The fourth-order valence-corrected chi connectivity index (χ4v) is 1.92. The molecule has 1 aliphatic rings. The number of nitrogens with zero attached hydrogens (tertiary/aromatic N) is 1. The number of hydrogen-bond donors (Lipinski definition) is 2. The second-order valence-electron chi connectivity index (χ2n) is 4.99. The molecular weight excluding hydrogens is 226 g/mol. The van der Waals surface area contributed by atoms with Gasteiger partial charge in [0, 0.05) is 31.0 Å². The molecule has 1 aromatic rings. The van der Waals surface area contributed by atoms with E-state index in [1.807, 2.05) is 16.8 Å². The highest BCUT2D eigenvalue weighted by molar-refractivity contribution is 5.75. The molecule has 0 radical (unpaired) electrons. The Bertz CT molecular complexity index is 382. The highest BCUT2D eigenvalue weighted by Gasteiger charge is 2.20. The lowest BCUT2D eigenvalue weighted by molar-refractivity contribution is -0.121. The van der Waals surface area contributed by atoms with Gasteiger partial charge >= 0.3 is 0 Å². The first kappa shape index (κ1) is 13.1. The van der Waals surface area contributed by atoms with Crippen molar-refractivity contribution in [2.24, 2.45) is 0 Å². The zero-order valence-electron chi connectivity index (χ0n) is 11.1. The summed E-state index contributed by atoms with van der Waals surface area (Å²) in [6.45, 7) is 4.20. The number of nitrogens with one attached hydrogen (secondary N) is 2. The summed E-state index contributed by atoms with van der Waals surface area (Å²) in [6, 6.07) is 4.78. The lowest BCUT2D eigenvalue weighted by atomic mass is 10.3. The van der Waals surface area contributed by atoms with Gasteiger partial charge in [0.15, 0.2) is 0 Å². The summed E-state index contributed by atoms with van der Waals surface area (Å²) in [7, 11) is 0. The molecule has 4 nitrogen and oxygen atoms in total. The van der Waals surface area contributed by atoms with Gasteiger partial charge in [-0.05, 0) is 31.4 Å². The lowest BCUT2D eigenvalue weighted by Gasteiger charge is -2.10. The van der Waals surface area contributed by atoms with Gasteiger partial charge in [0.25, 0.3) is 0 Å². The van der Waals surface area contributed by atoms with Crippen LogP contribution in [0.15, 0.2) is 18.3 Å². The summed E-state index contributed by atoms with van der Waals surface area (Å²) in [5, 5.41) is 6.42. The smallest absolute Gasteiger partial charge is 0.239 e. The average molecular weight is 249 g/mol. The van der Waals surface area contributed by atoms with Gasteiger partial charge < -0.3 is 15.2 Å². The highest BCUT2D eigenvalue weighted by Crippen LogP contribution is 2.19. The minimum absolute atomic E-state index is 0.104. The molecule has 0 saturated heterocycles. The predicted octanol–water partition coefficient (Wildman–Crippen LogP) is 1.66. The van der Waals surface area contributed by atoms with E-state index < -0.39 is 0 Å². The van der Waals surface area contributed by atoms with Crippen LogP contribution in [0, 0.1) is 0 Å². The zero-order chi connectivity index (χ0) is 12.8. The van der Waals surface area contributed by atoms with Gasteiger partial charge in [0.05, 0.1) is 0 Å². The number of carbonyl (C=O) groups excluding carboxylic acids is 1. The Morgan fingerprint density at radius 2 is 2.33 bits per heavy atom. The maximum Gasteiger partial charge on any atom is 0.239 e. The Kier molecular flexibility index (Phi) is 4.81. The second-order valence-corrected chi connectivity index (χ2v) is 4.99. The van der Waals surface area contributed by atoms with Gasteiger partial charge in [-0.15, -0.1) is 0 Å². The molecule has 1 aliphatic carbocycles. The first-order valence-electron chi connectivity index (χ1n) is 6.93. The van der Waals surface area contributed by atoms with Crippen LogP contribution in [-0.4, -0.2) is 23.1 Å². The molecule has 0 bridgehead atoms. The molecule has 1 heterocycles. The van der Waals surface area contributed by atoms with Crippen molar-refractivity contribution < 1.29 is 4.79 Å². The van der Waals surface area contributed by atoms with Crippen LogP contribution in [0.1, 0.15) is 38.3 Å². The normalized spacial score (nSPS) is 14.7. The van der Waals surface area contributed by atoms with E-state index in [0.717, 1.165) is 25.9 Å². The fraction of sp³-hybridized carbons (Fsp3) is 0.643. The number of aromatic nitrogens is 1. The van der Waals surface area contributed by atoms with Crippen LogP contribution in [0.2, 0.25) is 0 Å². The van der Waals surface area contributed by atoms with Crippen molar-refractivity contribution in [3.05, 3.63) is 24.0 Å². The molecule has 2 N–H and O–H groups in total. The standard InChI is InChI=1S/C14H23N3O/c1-2-3-8-15-14(18)11-17-9-4-5-13(17)10-16-12-6-7-12/h4-5,9,12,16H,2-3,6-8,10-11H2,1H3,(H,15,18). The number of hydrogen-bond acceptors (Lipinski definition) is 2. The van der Waals surface area contributed by atoms with Crippen LogP contribution in [0.5, 0.6) is 0 Å². The highest BCUT2D eigenvalue weighted by atomic mass is 16.1. The van der Waals surface area contributed by atoms with Crippen molar-refractivity contribution in [1.82, 2.24) is 15.2 Å². The Morgan fingerprint density at radius 3 is 3.06 bits per heavy atom. The third kappa shape index (κ3) is 4.18. The monoisotopic (exact) mass is 249 g/mol. The van der Waals surface area contributed by atoms with E-state index in [2.05, 4.69) is 23.6 Å². The van der Waals surface area contributed by atoms with Gasteiger partial charge in [0.2, 0.25) is 5.91 Å². The summed E-state index contributed by atoms with van der Waals surface area (Å²) in [5.74, 6) is 0.104. The molecule has 2 rings (SSSR count). The average Bonchev–Trinajstić information content (AvgIpc) is 3.08. The molecule has 18 heavy (non-hydrogen) atoms. The van der Waals surface area contributed by atoms with Crippen molar-refractivity contribution in [3.63, 3.8) is 0 Å². The minimum Gasteiger partial charge on any atom is -0.355 e. The van der Waals surface area contributed by atoms with Crippen molar-refractivity contribution >= 4 is 5.91 Å².